The topological polar surface area (TPSA) is 57.6 Å². The fourth-order valence-electron chi connectivity index (χ4n) is 2.17. The monoisotopic (exact) mass is 357 g/mol. The number of amides is 1. The van der Waals surface area contributed by atoms with Gasteiger partial charge in [0.25, 0.3) is 0 Å². The summed E-state index contributed by atoms with van der Waals surface area (Å²) in [5, 5.41) is 8.93. The van der Waals surface area contributed by atoms with E-state index >= 15 is 0 Å². The minimum absolute atomic E-state index is 0.0783. The SMILES string of the molecule is O=C(O)C1CCN(C(=O)CSc2ccccc2Br)CC1. The van der Waals surface area contributed by atoms with Gasteiger partial charge in [0.15, 0.2) is 0 Å². The van der Waals surface area contributed by atoms with Crippen LogP contribution in [0.25, 0.3) is 0 Å². The molecule has 0 aliphatic carbocycles. The molecule has 1 aliphatic heterocycles. The third-order valence-electron chi connectivity index (χ3n) is 3.38. The molecule has 1 fully saturated rings. The predicted molar refractivity (Wildman–Crippen MR) is 81.8 cm³/mol. The number of carbonyl (C=O) groups excluding carboxylic acids is 1. The zero-order valence-electron chi connectivity index (χ0n) is 10.9. The van der Waals surface area contributed by atoms with Crippen LogP contribution in [0.5, 0.6) is 0 Å². The molecule has 1 aromatic carbocycles. The van der Waals surface area contributed by atoms with Gasteiger partial charge in [-0.25, -0.2) is 0 Å². The van der Waals surface area contributed by atoms with Crippen molar-refractivity contribution in [1.29, 1.82) is 0 Å². The highest BCUT2D eigenvalue weighted by atomic mass is 79.9. The van der Waals surface area contributed by atoms with Gasteiger partial charge in [-0.3, -0.25) is 9.59 Å². The van der Waals surface area contributed by atoms with E-state index in [4.69, 9.17) is 5.11 Å². The second kappa shape index (κ2) is 7.13. The van der Waals surface area contributed by atoms with Crippen molar-refractivity contribution >= 4 is 39.6 Å². The lowest BCUT2D eigenvalue weighted by Crippen LogP contribution is -2.41. The van der Waals surface area contributed by atoms with Crippen LogP contribution in [0.1, 0.15) is 12.8 Å². The Balaban J connectivity index is 1.82. The van der Waals surface area contributed by atoms with Crippen LogP contribution in [0.2, 0.25) is 0 Å². The van der Waals surface area contributed by atoms with E-state index in [9.17, 15) is 9.59 Å². The standard InChI is InChI=1S/C14H16BrNO3S/c15-11-3-1-2-4-12(11)20-9-13(17)16-7-5-10(6-8-16)14(18)19/h1-4,10H,5-9H2,(H,18,19). The van der Waals surface area contributed by atoms with Crippen LogP contribution in [-0.4, -0.2) is 40.7 Å². The molecule has 0 spiro atoms. The van der Waals surface area contributed by atoms with Gasteiger partial charge in [0.05, 0.1) is 11.7 Å². The number of halogens is 1. The maximum absolute atomic E-state index is 12.1. The van der Waals surface area contributed by atoms with Crippen molar-refractivity contribution in [3.63, 3.8) is 0 Å². The summed E-state index contributed by atoms with van der Waals surface area (Å²) in [6, 6.07) is 7.80. The van der Waals surface area contributed by atoms with Crippen LogP contribution in [-0.2, 0) is 9.59 Å². The van der Waals surface area contributed by atoms with Gasteiger partial charge in [-0.1, -0.05) is 12.1 Å². The molecule has 0 atom stereocenters. The Hall–Kier alpha value is -1.01. The molecule has 1 N–H and O–H groups in total. The third kappa shape index (κ3) is 3.99. The van der Waals surface area contributed by atoms with Crippen molar-refractivity contribution in [2.24, 2.45) is 5.92 Å². The van der Waals surface area contributed by atoms with Crippen molar-refractivity contribution in [3.05, 3.63) is 28.7 Å². The number of rotatable bonds is 4. The second-order valence-corrected chi connectivity index (χ2v) is 6.58. The van der Waals surface area contributed by atoms with Gasteiger partial charge in [0.1, 0.15) is 0 Å². The summed E-state index contributed by atoms with van der Waals surface area (Å²) in [7, 11) is 0. The summed E-state index contributed by atoms with van der Waals surface area (Å²) in [6.45, 7) is 1.10. The predicted octanol–water partition coefficient (Wildman–Crippen LogP) is 2.86. The lowest BCUT2D eigenvalue weighted by Gasteiger charge is -2.30. The third-order valence-corrected chi connectivity index (χ3v) is 5.40. The van der Waals surface area contributed by atoms with Gasteiger partial charge < -0.3 is 10.0 Å². The normalized spacial score (nSPS) is 16.1. The Morgan fingerprint density at radius 2 is 1.95 bits per heavy atom. The van der Waals surface area contributed by atoms with Crippen molar-refractivity contribution in [3.8, 4) is 0 Å². The first-order chi connectivity index (χ1) is 9.58. The van der Waals surface area contributed by atoms with Crippen molar-refractivity contribution in [2.45, 2.75) is 17.7 Å². The highest BCUT2D eigenvalue weighted by molar-refractivity contribution is 9.10. The van der Waals surface area contributed by atoms with Crippen LogP contribution in [0.4, 0.5) is 0 Å². The molecule has 1 aromatic rings. The number of hydrogen-bond acceptors (Lipinski definition) is 3. The molecule has 4 nitrogen and oxygen atoms in total. The van der Waals surface area contributed by atoms with E-state index in [-0.39, 0.29) is 11.8 Å². The first-order valence-electron chi connectivity index (χ1n) is 6.46. The Labute approximate surface area is 130 Å². The van der Waals surface area contributed by atoms with Gasteiger partial charge in [-0.15, -0.1) is 11.8 Å². The zero-order valence-corrected chi connectivity index (χ0v) is 13.3. The van der Waals surface area contributed by atoms with Crippen LogP contribution < -0.4 is 0 Å². The highest BCUT2D eigenvalue weighted by Gasteiger charge is 2.26. The van der Waals surface area contributed by atoms with Gasteiger partial charge in [-0.2, -0.15) is 0 Å². The molecule has 0 unspecified atom stereocenters. The molecule has 2 rings (SSSR count). The van der Waals surface area contributed by atoms with Gasteiger partial charge in [-0.05, 0) is 40.9 Å². The second-order valence-electron chi connectivity index (χ2n) is 4.71. The average Bonchev–Trinajstić information content (AvgIpc) is 2.46. The summed E-state index contributed by atoms with van der Waals surface area (Å²) >= 11 is 4.96. The van der Waals surface area contributed by atoms with Gasteiger partial charge in [0, 0.05) is 22.5 Å². The van der Waals surface area contributed by atoms with E-state index in [0.717, 1.165) is 9.37 Å². The molecule has 0 aromatic heterocycles. The fourth-order valence-corrected chi connectivity index (χ4v) is 3.64. The molecule has 0 saturated carbocycles. The van der Waals surface area contributed by atoms with Crippen LogP contribution in [0.3, 0.4) is 0 Å². The van der Waals surface area contributed by atoms with E-state index in [1.165, 1.54) is 11.8 Å². The maximum Gasteiger partial charge on any atom is 0.306 e. The number of aliphatic carboxylic acids is 1. The van der Waals surface area contributed by atoms with Crippen LogP contribution in [0, 0.1) is 5.92 Å². The largest absolute Gasteiger partial charge is 0.481 e. The van der Waals surface area contributed by atoms with E-state index in [1.807, 2.05) is 24.3 Å². The number of hydrogen-bond donors (Lipinski definition) is 1. The lowest BCUT2D eigenvalue weighted by atomic mass is 9.97. The Bertz CT molecular complexity index is 501. The first kappa shape index (κ1) is 15.4. The number of piperidine rings is 1. The van der Waals surface area contributed by atoms with Crippen LogP contribution in [0.15, 0.2) is 33.6 Å². The van der Waals surface area contributed by atoms with Gasteiger partial charge in [0.2, 0.25) is 5.91 Å². The van der Waals surface area contributed by atoms with E-state index < -0.39 is 5.97 Å². The molecular weight excluding hydrogens is 342 g/mol. The number of carbonyl (C=O) groups is 2. The maximum atomic E-state index is 12.1. The molecule has 1 amide bonds. The van der Waals surface area contributed by atoms with E-state index in [1.54, 1.807) is 4.90 Å². The Morgan fingerprint density at radius 3 is 2.55 bits per heavy atom. The molecular formula is C14H16BrNO3S. The number of carboxylic acids is 1. The number of nitrogens with zero attached hydrogens (tertiary/aromatic N) is 1. The molecule has 0 radical (unpaired) electrons. The van der Waals surface area contributed by atoms with Crippen LogP contribution >= 0.6 is 27.7 Å². The minimum atomic E-state index is -0.750. The van der Waals surface area contributed by atoms with E-state index in [2.05, 4.69) is 15.9 Å². The quantitative estimate of drug-likeness (QED) is 0.841. The summed E-state index contributed by atoms with van der Waals surface area (Å²) in [5.74, 6) is -0.579. The molecule has 108 valence electrons. The molecule has 1 saturated heterocycles. The number of likely N-dealkylation sites (tertiary alicyclic amines) is 1. The number of benzene rings is 1. The Morgan fingerprint density at radius 1 is 1.30 bits per heavy atom. The van der Waals surface area contributed by atoms with Crippen molar-refractivity contribution in [2.75, 3.05) is 18.8 Å². The molecule has 6 heteroatoms. The molecule has 1 aliphatic rings. The number of thioether (sulfide) groups is 1. The van der Waals surface area contributed by atoms with Crippen molar-refractivity contribution < 1.29 is 14.7 Å². The molecule has 0 bridgehead atoms. The fraction of sp³-hybridized carbons (Fsp3) is 0.429. The summed E-state index contributed by atoms with van der Waals surface area (Å²) in [4.78, 5) is 25.8. The number of carboxylic acid groups (broad SMARTS) is 1. The lowest BCUT2D eigenvalue weighted by molar-refractivity contribution is -0.145. The summed E-state index contributed by atoms with van der Waals surface area (Å²) < 4.78 is 0.988. The summed E-state index contributed by atoms with van der Waals surface area (Å²) in [6.07, 6.45) is 1.11. The first-order valence-corrected chi connectivity index (χ1v) is 8.23. The molecule has 20 heavy (non-hydrogen) atoms. The smallest absolute Gasteiger partial charge is 0.306 e. The Kier molecular flexibility index (Phi) is 5.48. The average molecular weight is 358 g/mol. The summed E-state index contributed by atoms with van der Waals surface area (Å²) in [5.41, 5.74) is 0. The zero-order chi connectivity index (χ0) is 14.5. The van der Waals surface area contributed by atoms with E-state index in [0.29, 0.717) is 31.7 Å². The van der Waals surface area contributed by atoms with Gasteiger partial charge >= 0.3 is 5.97 Å². The highest BCUT2D eigenvalue weighted by Crippen LogP contribution is 2.27. The molecule has 1 heterocycles. The minimum Gasteiger partial charge on any atom is -0.481 e. The van der Waals surface area contributed by atoms with Crippen molar-refractivity contribution in [1.82, 2.24) is 4.90 Å².